The summed E-state index contributed by atoms with van der Waals surface area (Å²) in [6, 6.07) is 11.7. The van der Waals surface area contributed by atoms with E-state index in [1.54, 1.807) is 32.4 Å². The average molecular weight is 384 g/mol. The number of hydrogen-bond acceptors (Lipinski definition) is 8. The van der Waals surface area contributed by atoms with Crippen molar-refractivity contribution < 1.29 is 14.4 Å². The zero-order chi connectivity index (χ0) is 19.2. The normalized spacial score (nSPS) is 10.7. The Balaban J connectivity index is 1.73. The van der Waals surface area contributed by atoms with Crippen molar-refractivity contribution >= 4 is 28.4 Å². The van der Waals surface area contributed by atoms with Gasteiger partial charge in [0.25, 0.3) is 5.69 Å². The summed E-state index contributed by atoms with van der Waals surface area (Å²) in [4.78, 5) is 14.8. The van der Waals surface area contributed by atoms with Crippen molar-refractivity contribution in [2.24, 2.45) is 5.10 Å². The molecule has 0 amide bonds. The molecular weight excluding hydrogens is 368 g/mol. The van der Waals surface area contributed by atoms with Crippen LogP contribution >= 0.6 is 11.3 Å². The third kappa shape index (κ3) is 4.39. The van der Waals surface area contributed by atoms with Gasteiger partial charge in [0.05, 0.1) is 31.1 Å². The van der Waals surface area contributed by atoms with Gasteiger partial charge < -0.3 is 9.47 Å². The number of hydrogen-bond donors (Lipinski definition) is 1. The maximum atomic E-state index is 10.8. The summed E-state index contributed by atoms with van der Waals surface area (Å²) < 4.78 is 10.6. The SMILES string of the molecule is COc1ccc(-c2csc(N/N=C\c3cccc([N+](=O)[O-])c3)n2)c(OC)c1. The molecule has 0 saturated carbocycles. The van der Waals surface area contributed by atoms with Crippen LogP contribution in [0, 0.1) is 10.1 Å². The van der Waals surface area contributed by atoms with Crippen molar-refractivity contribution in [1.29, 1.82) is 0 Å². The Morgan fingerprint density at radius 3 is 2.81 bits per heavy atom. The maximum absolute atomic E-state index is 10.8. The molecule has 138 valence electrons. The minimum Gasteiger partial charge on any atom is -0.497 e. The molecule has 3 rings (SSSR count). The van der Waals surface area contributed by atoms with Crippen LogP contribution in [0.3, 0.4) is 0 Å². The molecule has 1 aromatic heterocycles. The van der Waals surface area contributed by atoms with Crippen LogP contribution in [-0.2, 0) is 0 Å². The van der Waals surface area contributed by atoms with Crippen LogP contribution in [0.5, 0.6) is 11.5 Å². The number of ether oxygens (including phenoxy) is 2. The van der Waals surface area contributed by atoms with E-state index in [0.717, 1.165) is 11.3 Å². The standard InChI is InChI=1S/C18H16N4O4S/c1-25-14-6-7-15(17(9-14)26-2)16-11-27-18(20-16)21-19-10-12-4-3-5-13(8-12)22(23)24/h3-11H,1-2H3,(H,20,21)/b19-10-. The third-order valence-corrected chi connectivity index (χ3v) is 4.39. The van der Waals surface area contributed by atoms with E-state index in [-0.39, 0.29) is 5.69 Å². The third-order valence-electron chi connectivity index (χ3n) is 3.64. The summed E-state index contributed by atoms with van der Waals surface area (Å²) in [6.45, 7) is 0. The van der Waals surface area contributed by atoms with Gasteiger partial charge in [-0.2, -0.15) is 5.10 Å². The molecule has 27 heavy (non-hydrogen) atoms. The predicted octanol–water partition coefficient (Wildman–Crippen LogP) is 4.18. The first kappa shape index (κ1) is 18.3. The maximum Gasteiger partial charge on any atom is 0.270 e. The smallest absolute Gasteiger partial charge is 0.270 e. The Morgan fingerprint density at radius 1 is 1.22 bits per heavy atom. The largest absolute Gasteiger partial charge is 0.497 e. The van der Waals surface area contributed by atoms with Gasteiger partial charge in [0, 0.05) is 34.7 Å². The number of nitrogens with one attached hydrogen (secondary N) is 1. The number of aromatic nitrogens is 1. The zero-order valence-electron chi connectivity index (χ0n) is 14.6. The number of rotatable bonds is 7. The fourth-order valence-corrected chi connectivity index (χ4v) is 3.00. The molecule has 1 heterocycles. The van der Waals surface area contributed by atoms with Crippen molar-refractivity contribution in [2.75, 3.05) is 19.6 Å². The number of anilines is 1. The Hall–Kier alpha value is -3.46. The van der Waals surface area contributed by atoms with Crippen LogP contribution in [0.1, 0.15) is 5.56 Å². The minimum atomic E-state index is -0.444. The van der Waals surface area contributed by atoms with Crippen molar-refractivity contribution in [2.45, 2.75) is 0 Å². The fourth-order valence-electron chi connectivity index (χ4n) is 2.34. The average Bonchev–Trinajstić information content (AvgIpc) is 3.16. The molecule has 0 atom stereocenters. The van der Waals surface area contributed by atoms with Crippen LogP contribution in [0.4, 0.5) is 10.8 Å². The first-order valence-electron chi connectivity index (χ1n) is 7.82. The Kier molecular flexibility index (Phi) is 5.62. The van der Waals surface area contributed by atoms with Gasteiger partial charge in [-0.25, -0.2) is 4.98 Å². The van der Waals surface area contributed by atoms with Gasteiger partial charge >= 0.3 is 0 Å². The molecule has 0 unspecified atom stereocenters. The number of nitro groups is 1. The molecule has 9 heteroatoms. The molecule has 1 N–H and O–H groups in total. The molecule has 0 spiro atoms. The van der Waals surface area contributed by atoms with Gasteiger partial charge in [0.1, 0.15) is 11.5 Å². The van der Waals surface area contributed by atoms with E-state index in [2.05, 4.69) is 15.5 Å². The molecule has 0 fully saturated rings. The highest BCUT2D eigenvalue weighted by Crippen LogP contribution is 2.34. The van der Waals surface area contributed by atoms with Crippen LogP contribution in [0.2, 0.25) is 0 Å². The first-order valence-corrected chi connectivity index (χ1v) is 8.70. The quantitative estimate of drug-likeness (QED) is 0.373. The van der Waals surface area contributed by atoms with Crippen molar-refractivity contribution in [3.05, 3.63) is 63.5 Å². The van der Waals surface area contributed by atoms with E-state index in [0.29, 0.717) is 22.2 Å². The van der Waals surface area contributed by atoms with Crippen LogP contribution < -0.4 is 14.9 Å². The Morgan fingerprint density at radius 2 is 2.07 bits per heavy atom. The summed E-state index contributed by atoms with van der Waals surface area (Å²) in [6.07, 6.45) is 1.50. The first-order chi connectivity index (χ1) is 13.1. The number of nitrogens with zero attached hydrogens (tertiary/aromatic N) is 3. The van der Waals surface area contributed by atoms with Gasteiger partial charge in [0.15, 0.2) is 0 Å². The lowest BCUT2D eigenvalue weighted by Gasteiger charge is -2.08. The molecule has 0 bridgehead atoms. The summed E-state index contributed by atoms with van der Waals surface area (Å²) in [7, 11) is 3.19. The van der Waals surface area contributed by atoms with Gasteiger partial charge in [0.2, 0.25) is 5.13 Å². The molecular formula is C18H16N4O4S. The molecule has 3 aromatic rings. The second-order valence-electron chi connectivity index (χ2n) is 5.33. The Labute approximate surface area is 159 Å². The van der Waals surface area contributed by atoms with E-state index < -0.39 is 4.92 Å². The van der Waals surface area contributed by atoms with E-state index >= 15 is 0 Å². The fraction of sp³-hybridized carbons (Fsp3) is 0.111. The molecule has 2 aromatic carbocycles. The number of benzene rings is 2. The molecule has 0 saturated heterocycles. The van der Waals surface area contributed by atoms with E-state index in [1.165, 1.54) is 29.7 Å². The van der Waals surface area contributed by atoms with E-state index in [1.807, 2.05) is 17.5 Å². The summed E-state index contributed by atoms with van der Waals surface area (Å²) in [5, 5.41) is 17.4. The Bertz CT molecular complexity index is 987. The number of non-ortho nitro benzene ring substituents is 1. The van der Waals surface area contributed by atoms with Crippen LogP contribution in [0.15, 0.2) is 52.9 Å². The van der Waals surface area contributed by atoms with Crippen molar-refractivity contribution in [1.82, 2.24) is 4.98 Å². The lowest BCUT2D eigenvalue weighted by Crippen LogP contribution is -1.93. The van der Waals surface area contributed by atoms with Gasteiger partial charge in [-0.1, -0.05) is 12.1 Å². The van der Waals surface area contributed by atoms with Crippen molar-refractivity contribution in [3.8, 4) is 22.8 Å². The van der Waals surface area contributed by atoms with Crippen LogP contribution in [-0.4, -0.2) is 30.3 Å². The number of hydrazone groups is 1. The number of nitro benzene ring substituents is 1. The topological polar surface area (TPSA) is 98.9 Å². The minimum absolute atomic E-state index is 0.0158. The number of methoxy groups -OCH3 is 2. The lowest BCUT2D eigenvalue weighted by atomic mass is 10.1. The van der Waals surface area contributed by atoms with Gasteiger partial charge in [-0.15, -0.1) is 11.3 Å². The highest BCUT2D eigenvalue weighted by Gasteiger charge is 2.11. The summed E-state index contributed by atoms with van der Waals surface area (Å²) >= 11 is 1.39. The molecule has 8 nitrogen and oxygen atoms in total. The predicted molar refractivity (Wildman–Crippen MR) is 105 cm³/mol. The lowest BCUT2D eigenvalue weighted by molar-refractivity contribution is -0.384. The monoisotopic (exact) mass is 384 g/mol. The number of thiazole rings is 1. The second kappa shape index (κ2) is 8.28. The molecule has 0 aliphatic rings. The van der Waals surface area contributed by atoms with E-state index in [4.69, 9.17) is 9.47 Å². The molecule has 0 radical (unpaired) electrons. The highest BCUT2D eigenvalue weighted by atomic mass is 32.1. The van der Waals surface area contributed by atoms with Gasteiger partial charge in [-0.05, 0) is 12.1 Å². The molecule has 0 aliphatic heterocycles. The zero-order valence-corrected chi connectivity index (χ0v) is 15.4. The van der Waals surface area contributed by atoms with Crippen LogP contribution in [0.25, 0.3) is 11.3 Å². The summed E-state index contributed by atoms with van der Waals surface area (Å²) in [5.74, 6) is 1.36. The van der Waals surface area contributed by atoms with E-state index in [9.17, 15) is 10.1 Å². The highest BCUT2D eigenvalue weighted by molar-refractivity contribution is 7.14. The van der Waals surface area contributed by atoms with Crippen molar-refractivity contribution in [3.63, 3.8) is 0 Å². The summed E-state index contributed by atoms with van der Waals surface area (Å²) in [5.41, 5.74) is 5.05. The second-order valence-corrected chi connectivity index (χ2v) is 6.18. The molecule has 0 aliphatic carbocycles. The van der Waals surface area contributed by atoms with Gasteiger partial charge in [-0.3, -0.25) is 15.5 Å².